The van der Waals surface area contributed by atoms with Gasteiger partial charge in [-0.05, 0) is 41.1 Å². The molecule has 34 heavy (non-hydrogen) atoms. The van der Waals surface area contributed by atoms with Gasteiger partial charge in [0.2, 0.25) is 5.95 Å². The first-order valence-corrected chi connectivity index (χ1v) is 10.7. The molecule has 0 saturated heterocycles. The smallest absolute Gasteiger partial charge is 0.254 e. The number of imidazole rings is 1. The molecule has 1 atom stereocenters. The summed E-state index contributed by atoms with van der Waals surface area (Å²) in [6.45, 7) is 0. The third kappa shape index (κ3) is 3.37. The largest absolute Gasteiger partial charge is 0.336 e. The number of fused-ring (bicyclic) bond motifs is 1. The Hall–Kier alpha value is -4.25. The lowest BCUT2D eigenvalue weighted by molar-refractivity contribution is 0.545. The number of hydrogen-bond acceptors (Lipinski definition) is 7. The maximum Gasteiger partial charge on any atom is 0.254 e. The zero-order chi connectivity index (χ0) is 23.2. The fraction of sp³-hybridized carbons (Fsp3) is 0.136. The van der Waals surface area contributed by atoms with Crippen molar-refractivity contribution in [3.05, 3.63) is 88.0 Å². The van der Waals surface area contributed by atoms with E-state index < -0.39 is 12.0 Å². The normalized spacial score (nSPS) is 14.9. The monoisotopic (exact) mass is 474 g/mol. The van der Waals surface area contributed by atoms with Gasteiger partial charge in [0.1, 0.15) is 23.7 Å². The molecule has 4 aromatic heterocycles. The second kappa shape index (κ2) is 7.96. The van der Waals surface area contributed by atoms with E-state index in [1.54, 1.807) is 34.9 Å². The van der Waals surface area contributed by atoms with Gasteiger partial charge >= 0.3 is 0 Å². The Bertz CT molecular complexity index is 1560. The highest BCUT2D eigenvalue weighted by atomic mass is 35.5. The van der Waals surface area contributed by atoms with Gasteiger partial charge in [0.05, 0.1) is 23.1 Å². The highest BCUT2D eigenvalue weighted by Gasteiger charge is 2.30. The summed E-state index contributed by atoms with van der Waals surface area (Å²) in [5, 5.41) is 11.8. The Balaban J connectivity index is 1.42. The van der Waals surface area contributed by atoms with E-state index in [-0.39, 0.29) is 11.3 Å². The molecular weight excluding hydrogens is 461 g/mol. The maximum absolute atomic E-state index is 14.6. The summed E-state index contributed by atoms with van der Waals surface area (Å²) in [5.41, 5.74) is 1.98. The molecular formula is C22H14ClFN9O. The predicted molar refractivity (Wildman–Crippen MR) is 119 cm³/mol. The highest BCUT2D eigenvalue weighted by molar-refractivity contribution is 6.31. The second-order valence-electron chi connectivity index (χ2n) is 7.67. The molecule has 12 heteroatoms. The third-order valence-electron chi connectivity index (χ3n) is 5.67. The van der Waals surface area contributed by atoms with Crippen LogP contribution in [0.25, 0.3) is 28.3 Å². The second-order valence-corrected chi connectivity index (χ2v) is 8.10. The number of hydrogen-bond donors (Lipinski definition) is 1. The lowest BCUT2D eigenvalue weighted by Crippen LogP contribution is -2.25. The SMILES string of the molecule is O=c1cc(-c2cc(Cl)ccc2-n2cnnn2)nc2n1[C@H](c1nc(F)c(-c3cc[c]cn3)[nH]1)CC2. The van der Waals surface area contributed by atoms with Gasteiger partial charge in [0, 0.05) is 35.3 Å². The van der Waals surface area contributed by atoms with Crippen LogP contribution in [0.5, 0.6) is 0 Å². The number of nitrogens with one attached hydrogen (secondary N) is 1. The first-order valence-electron chi connectivity index (χ1n) is 10.3. The Morgan fingerprint density at radius 3 is 2.88 bits per heavy atom. The van der Waals surface area contributed by atoms with Crippen LogP contribution in [-0.2, 0) is 6.42 Å². The van der Waals surface area contributed by atoms with E-state index in [9.17, 15) is 9.18 Å². The summed E-state index contributed by atoms with van der Waals surface area (Å²) in [5.74, 6) is 0.236. The van der Waals surface area contributed by atoms with Crippen LogP contribution in [0.4, 0.5) is 4.39 Å². The zero-order valence-corrected chi connectivity index (χ0v) is 18.1. The Kier molecular flexibility index (Phi) is 4.77. The van der Waals surface area contributed by atoms with Gasteiger partial charge in [-0.25, -0.2) is 9.97 Å². The van der Waals surface area contributed by atoms with Crippen LogP contribution < -0.4 is 5.56 Å². The van der Waals surface area contributed by atoms with Gasteiger partial charge in [0.15, 0.2) is 0 Å². The maximum atomic E-state index is 14.6. The van der Waals surface area contributed by atoms with E-state index in [4.69, 9.17) is 16.6 Å². The number of nitrogens with zero attached hydrogens (tertiary/aromatic N) is 8. The number of tetrazole rings is 1. The van der Waals surface area contributed by atoms with Crippen LogP contribution >= 0.6 is 11.6 Å². The van der Waals surface area contributed by atoms with Crippen molar-refractivity contribution in [1.82, 2.24) is 44.7 Å². The minimum atomic E-state index is -0.676. The zero-order valence-electron chi connectivity index (χ0n) is 17.4. The Labute approximate surface area is 196 Å². The van der Waals surface area contributed by atoms with Gasteiger partial charge in [0.25, 0.3) is 5.56 Å². The third-order valence-corrected chi connectivity index (χ3v) is 5.91. The Morgan fingerprint density at radius 2 is 2.09 bits per heavy atom. The summed E-state index contributed by atoms with van der Waals surface area (Å²) < 4.78 is 17.6. The number of aromatic nitrogens is 9. The minimum Gasteiger partial charge on any atom is -0.336 e. The van der Waals surface area contributed by atoms with Crippen LogP contribution in [0.1, 0.15) is 24.1 Å². The highest BCUT2D eigenvalue weighted by Crippen LogP contribution is 2.33. The van der Waals surface area contributed by atoms with Crippen molar-refractivity contribution in [3.8, 4) is 28.3 Å². The van der Waals surface area contributed by atoms with Gasteiger partial charge in [-0.3, -0.25) is 14.3 Å². The fourth-order valence-corrected chi connectivity index (χ4v) is 4.36. The summed E-state index contributed by atoms with van der Waals surface area (Å²) in [6.07, 6.45) is 3.97. The van der Waals surface area contributed by atoms with E-state index in [1.807, 2.05) is 0 Å². The molecule has 5 aromatic rings. The first kappa shape index (κ1) is 20.4. The molecule has 0 fully saturated rings. The summed E-state index contributed by atoms with van der Waals surface area (Å²) in [7, 11) is 0. The summed E-state index contributed by atoms with van der Waals surface area (Å²) in [4.78, 5) is 29.1. The summed E-state index contributed by atoms with van der Waals surface area (Å²) in [6, 6.07) is 12.2. The molecule has 10 nitrogen and oxygen atoms in total. The number of H-pyrrole nitrogens is 1. The van der Waals surface area contributed by atoms with E-state index in [0.29, 0.717) is 52.2 Å². The van der Waals surface area contributed by atoms with Crippen molar-refractivity contribution in [2.24, 2.45) is 0 Å². The van der Waals surface area contributed by atoms with Crippen LogP contribution in [0.3, 0.4) is 0 Å². The van der Waals surface area contributed by atoms with Crippen molar-refractivity contribution < 1.29 is 4.39 Å². The molecule has 0 aliphatic carbocycles. The van der Waals surface area contributed by atoms with Crippen molar-refractivity contribution in [2.75, 3.05) is 0 Å². The topological polar surface area (TPSA) is 120 Å². The number of benzene rings is 1. The van der Waals surface area contributed by atoms with Crippen molar-refractivity contribution in [1.29, 1.82) is 0 Å². The molecule has 0 bridgehead atoms. The molecule has 167 valence electrons. The molecule has 1 N–H and O–H groups in total. The molecule has 1 aromatic carbocycles. The molecule has 1 aliphatic rings. The number of pyridine rings is 1. The van der Waals surface area contributed by atoms with Gasteiger partial charge in [-0.2, -0.15) is 9.07 Å². The van der Waals surface area contributed by atoms with E-state index in [1.165, 1.54) is 23.3 Å². The number of rotatable bonds is 4. The average Bonchev–Trinajstić information content (AvgIpc) is 3.59. The molecule has 6 rings (SSSR count). The quantitative estimate of drug-likeness (QED) is 0.425. The molecule has 0 unspecified atom stereocenters. The Morgan fingerprint density at radius 1 is 1.18 bits per heavy atom. The molecule has 0 saturated carbocycles. The van der Waals surface area contributed by atoms with Gasteiger partial charge in [-0.1, -0.05) is 17.7 Å². The number of aryl methyl sites for hydroxylation is 1. The van der Waals surface area contributed by atoms with E-state index in [0.717, 1.165) is 0 Å². The van der Waals surface area contributed by atoms with Crippen LogP contribution in [0.15, 0.2) is 53.7 Å². The number of halogens is 2. The molecule has 1 radical (unpaired) electrons. The lowest BCUT2D eigenvalue weighted by atomic mass is 10.1. The van der Waals surface area contributed by atoms with Gasteiger partial charge < -0.3 is 4.98 Å². The lowest BCUT2D eigenvalue weighted by Gasteiger charge is -2.14. The fourth-order valence-electron chi connectivity index (χ4n) is 4.19. The van der Waals surface area contributed by atoms with Crippen LogP contribution in [0, 0.1) is 12.0 Å². The first-order chi connectivity index (χ1) is 16.6. The van der Waals surface area contributed by atoms with Crippen LogP contribution in [-0.4, -0.2) is 44.7 Å². The van der Waals surface area contributed by atoms with Crippen molar-refractivity contribution >= 4 is 11.6 Å². The molecule has 1 aliphatic heterocycles. The van der Waals surface area contributed by atoms with Gasteiger partial charge in [-0.15, -0.1) is 5.10 Å². The molecule has 0 amide bonds. The summed E-state index contributed by atoms with van der Waals surface area (Å²) >= 11 is 6.23. The molecule has 5 heterocycles. The minimum absolute atomic E-state index is 0.167. The number of aromatic amines is 1. The molecule has 0 spiro atoms. The standard InChI is InChI=1S/C22H14ClFN9O/c23-12-4-5-16(32-11-26-30-31-32)13(9-12)15-10-19(34)33-17(6-7-18(33)27-15)22-28-20(21(24)29-22)14-3-1-2-8-25-14/h1,3-5,8-11,17H,6-7H2,(H,28,29)/t17-/m0/s1. The average molecular weight is 475 g/mol. The predicted octanol–water partition coefficient (Wildman–Crippen LogP) is 2.80. The van der Waals surface area contributed by atoms with E-state index >= 15 is 0 Å². The van der Waals surface area contributed by atoms with Crippen LogP contribution in [0.2, 0.25) is 5.02 Å². The van der Waals surface area contributed by atoms with E-state index in [2.05, 4.69) is 36.5 Å². The van der Waals surface area contributed by atoms with Crippen molar-refractivity contribution in [2.45, 2.75) is 18.9 Å². The van der Waals surface area contributed by atoms with Crippen molar-refractivity contribution in [3.63, 3.8) is 0 Å².